The topological polar surface area (TPSA) is 15.3 Å². The van der Waals surface area contributed by atoms with Gasteiger partial charge in [0.1, 0.15) is 0 Å². The molecule has 2 nitrogen and oxygen atoms in total. The molecule has 0 saturated carbocycles. The molecule has 0 saturated heterocycles. The van der Waals surface area contributed by atoms with Crippen LogP contribution >= 0.6 is 0 Å². The van der Waals surface area contributed by atoms with Gasteiger partial charge in [-0.05, 0) is 38.9 Å². The van der Waals surface area contributed by atoms with Crippen molar-refractivity contribution < 1.29 is 0 Å². The lowest BCUT2D eigenvalue weighted by Gasteiger charge is -2.32. The molecule has 2 heteroatoms. The van der Waals surface area contributed by atoms with Gasteiger partial charge in [-0.15, -0.1) is 0 Å². The first kappa shape index (κ1) is 12.9. The third-order valence-corrected chi connectivity index (χ3v) is 2.71. The quantitative estimate of drug-likeness (QED) is 0.654. The normalized spacial score (nSPS) is 16.2. The van der Waals surface area contributed by atoms with E-state index < -0.39 is 0 Å². The van der Waals surface area contributed by atoms with Crippen molar-refractivity contribution in [1.82, 2.24) is 10.2 Å². The molecule has 0 aliphatic rings. The number of hydrogen-bond donors (Lipinski definition) is 1. The number of nitrogens with zero attached hydrogens (tertiary/aromatic N) is 1. The van der Waals surface area contributed by atoms with Crippen molar-refractivity contribution in [2.45, 2.75) is 33.6 Å². The summed E-state index contributed by atoms with van der Waals surface area (Å²) in [7, 11) is 4.25. The molecule has 0 aliphatic heterocycles. The highest BCUT2D eigenvalue weighted by atomic mass is 15.1. The molecule has 0 fully saturated rings. The second-order valence-electron chi connectivity index (χ2n) is 4.43. The first-order valence-corrected chi connectivity index (χ1v) is 5.41. The molecular weight excluding hydrogens is 160 g/mol. The van der Waals surface area contributed by atoms with Crippen molar-refractivity contribution in [1.29, 1.82) is 0 Å². The minimum absolute atomic E-state index is 0.429. The zero-order valence-corrected chi connectivity index (χ0v) is 9.98. The zero-order valence-electron chi connectivity index (χ0n) is 9.98. The largest absolute Gasteiger partial charge is 0.319 e. The fourth-order valence-corrected chi connectivity index (χ4v) is 1.83. The van der Waals surface area contributed by atoms with Crippen LogP contribution in [0.5, 0.6) is 0 Å². The average Bonchev–Trinajstić information content (AvgIpc) is 2.05. The lowest BCUT2D eigenvalue weighted by molar-refractivity contribution is 0.183. The van der Waals surface area contributed by atoms with Crippen LogP contribution in [0, 0.1) is 5.41 Å². The predicted octanol–water partition coefficient (Wildman–Crippen LogP) is 1.96. The van der Waals surface area contributed by atoms with Gasteiger partial charge in [-0.1, -0.05) is 20.8 Å². The van der Waals surface area contributed by atoms with E-state index >= 15 is 0 Å². The minimum atomic E-state index is 0.429. The van der Waals surface area contributed by atoms with Crippen LogP contribution in [0.15, 0.2) is 0 Å². The van der Waals surface area contributed by atoms with Crippen LogP contribution in [0.1, 0.15) is 33.6 Å². The number of nitrogens with one attached hydrogen (secondary N) is 1. The molecule has 0 heterocycles. The molecule has 0 radical (unpaired) electrons. The molecule has 1 N–H and O–H groups in total. The van der Waals surface area contributed by atoms with E-state index in [-0.39, 0.29) is 0 Å². The fraction of sp³-hybridized carbons (Fsp3) is 1.00. The Hall–Kier alpha value is -0.0800. The molecule has 0 rings (SSSR count). The van der Waals surface area contributed by atoms with Gasteiger partial charge in [-0.25, -0.2) is 0 Å². The SMILES string of the molecule is CCCN(C)CC(C)(CC)CNC. The van der Waals surface area contributed by atoms with Crippen LogP contribution in [-0.4, -0.2) is 38.6 Å². The summed E-state index contributed by atoms with van der Waals surface area (Å²) in [6, 6.07) is 0. The Morgan fingerprint density at radius 1 is 1.31 bits per heavy atom. The first-order valence-electron chi connectivity index (χ1n) is 5.41. The van der Waals surface area contributed by atoms with Crippen LogP contribution < -0.4 is 5.32 Å². The molecule has 0 spiro atoms. The van der Waals surface area contributed by atoms with Crippen LogP contribution in [-0.2, 0) is 0 Å². The summed E-state index contributed by atoms with van der Waals surface area (Å²) in [6.45, 7) is 10.4. The second-order valence-corrected chi connectivity index (χ2v) is 4.43. The Labute approximate surface area is 83.7 Å². The summed E-state index contributed by atoms with van der Waals surface area (Å²) in [4.78, 5) is 2.43. The van der Waals surface area contributed by atoms with Gasteiger partial charge in [-0.3, -0.25) is 0 Å². The maximum absolute atomic E-state index is 3.28. The van der Waals surface area contributed by atoms with E-state index in [0.717, 1.165) is 6.54 Å². The third-order valence-electron chi connectivity index (χ3n) is 2.71. The molecule has 0 aromatic heterocycles. The molecule has 1 unspecified atom stereocenters. The monoisotopic (exact) mass is 186 g/mol. The first-order chi connectivity index (χ1) is 6.08. The lowest BCUT2D eigenvalue weighted by atomic mass is 9.87. The van der Waals surface area contributed by atoms with Crippen molar-refractivity contribution in [2.24, 2.45) is 5.41 Å². The summed E-state index contributed by atoms with van der Waals surface area (Å²) >= 11 is 0. The van der Waals surface area contributed by atoms with Crippen molar-refractivity contribution in [3.8, 4) is 0 Å². The number of hydrogen-bond acceptors (Lipinski definition) is 2. The molecule has 0 amide bonds. The Bertz CT molecular complexity index is 125. The Morgan fingerprint density at radius 3 is 2.31 bits per heavy atom. The zero-order chi connectivity index (χ0) is 10.3. The summed E-state index contributed by atoms with van der Waals surface area (Å²) < 4.78 is 0. The van der Waals surface area contributed by atoms with Crippen molar-refractivity contribution >= 4 is 0 Å². The van der Waals surface area contributed by atoms with E-state index in [1.807, 2.05) is 7.05 Å². The molecule has 1 atom stereocenters. The smallest absolute Gasteiger partial charge is 0.00443 e. The molecule has 13 heavy (non-hydrogen) atoms. The van der Waals surface area contributed by atoms with Crippen LogP contribution in [0.2, 0.25) is 0 Å². The molecule has 0 aliphatic carbocycles. The molecular formula is C11H26N2. The minimum Gasteiger partial charge on any atom is -0.319 e. The van der Waals surface area contributed by atoms with Crippen molar-refractivity contribution in [3.05, 3.63) is 0 Å². The third kappa shape index (κ3) is 5.27. The Morgan fingerprint density at radius 2 is 1.92 bits per heavy atom. The molecule has 0 aromatic carbocycles. The van der Waals surface area contributed by atoms with E-state index in [1.54, 1.807) is 0 Å². The number of rotatable bonds is 7. The van der Waals surface area contributed by atoms with E-state index in [4.69, 9.17) is 0 Å². The van der Waals surface area contributed by atoms with Gasteiger partial charge in [0.15, 0.2) is 0 Å². The molecule has 80 valence electrons. The van der Waals surface area contributed by atoms with Gasteiger partial charge < -0.3 is 10.2 Å². The van der Waals surface area contributed by atoms with Crippen molar-refractivity contribution in [2.75, 3.05) is 33.7 Å². The predicted molar refractivity (Wildman–Crippen MR) is 60.1 cm³/mol. The summed E-state index contributed by atoms with van der Waals surface area (Å²) in [5, 5.41) is 3.28. The van der Waals surface area contributed by atoms with E-state index in [0.29, 0.717) is 5.41 Å². The maximum Gasteiger partial charge on any atom is 0.00443 e. The van der Waals surface area contributed by atoms with Gasteiger partial charge >= 0.3 is 0 Å². The Kier molecular flexibility index (Phi) is 6.35. The van der Waals surface area contributed by atoms with Gasteiger partial charge in [0.2, 0.25) is 0 Å². The molecule has 0 aromatic rings. The van der Waals surface area contributed by atoms with Crippen molar-refractivity contribution in [3.63, 3.8) is 0 Å². The van der Waals surface area contributed by atoms with E-state index in [2.05, 4.69) is 38.0 Å². The molecule has 0 bridgehead atoms. The van der Waals surface area contributed by atoms with E-state index in [9.17, 15) is 0 Å². The Balaban J connectivity index is 3.93. The van der Waals surface area contributed by atoms with Crippen LogP contribution in [0.3, 0.4) is 0 Å². The standard InChI is InChI=1S/C11H26N2/c1-6-8-13(5)10-11(3,7-2)9-12-4/h12H,6-10H2,1-5H3. The van der Waals surface area contributed by atoms with Gasteiger partial charge in [-0.2, -0.15) is 0 Å². The highest BCUT2D eigenvalue weighted by Gasteiger charge is 2.22. The summed E-state index contributed by atoms with van der Waals surface area (Å²) in [5.74, 6) is 0. The van der Waals surface area contributed by atoms with Gasteiger partial charge in [0.25, 0.3) is 0 Å². The fourth-order valence-electron chi connectivity index (χ4n) is 1.83. The van der Waals surface area contributed by atoms with Crippen LogP contribution in [0.4, 0.5) is 0 Å². The van der Waals surface area contributed by atoms with Crippen LogP contribution in [0.25, 0.3) is 0 Å². The van der Waals surface area contributed by atoms with Gasteiger partial charge in [0, 0.05) is 13.1 Å². The van der Waals surface area contributed by atoms with Gasteiger partial charge in [0.05, 0.1) is 0 Å². The highest BCUT2D eigenvalue weighted by molar-refractivity contribution is 4.77. The highest BCUT2D eigenvalue weighted by Crippen LogP contribution is 2.20. The average molecular weight is 186 g/mol. The second kappa shape index (κ2) is 6.39. The lowest BCUT2D eigenvalue weighted by Crippen LogP contribution is -2.39. The van der Waals surface area contributed by atoms with E-state index in [1.165, 1.54) is 25.9 Å². The maximum atomic E-state index is 3.28. The summed E-state index contributed by atoms with van der Waals surface area (Å²) in [6.07, 6.45) is 2.48. The summed E-state index contributed by atoms with van der Waals surface area (Å²) in [5.41, 5.74) is 0.429.